The molecule has 142 valence electrons. The third-order valence-corrected chi connectivity index (χ3v) is 3.99. The number of hydrogen-bond acceptors (Lipinski definition) is 5. The number of nitrogens with one attached hydrogen (secondary N) is 2. The number of hydrogen-bond donors (Lipinski definition) is 2. The summed E-state index contributed by atoms with van der Waals surface area (Å²) < 4.78 is 21.8. The highest BCUT2D eigenvalue weighted by Crippen LogP contribution is 2.33. The van der Waals surface area contributed by atoms with Gasteiger partial charge in [0.05, 0.1) is 39.5 Å². The summed E-state index contributed by atoms with van der Waals surface area (Å²) in [5.41, 5.74) is 0.904. The van der Waals surface area contributed by atoms with E-state index in [0.717, 1.165) is 31.6 Å². The number of ether oxygens (including phenoxy) is 4. The van der Waals surface area contributed by atoms with Gasteiger partial charge in [-0.2, -0.15) is 0 Å². The number of methoxy groups -OCH3 is 3. The Balaban J connectivity index is 0.00000312. The number of nitrogens with zero attached hydrogens (tertiary/aromatic N) is 1. The summed E-state index contributed by atoms with van der Waals surface area (Å²) in [6.45, 7) is 2.11. The molecule has 1 atom stereocenters. The first-order chi connectivity index (χ1) is 11.7. The number of halogens is 1. The van der Waals surface area contributed by atoms with Crippen LogP contribution in [0.4, 0.5) is 0 Å². The quantitative estimate of drug-likeness (QED) is 0.366. The van der Waals surface area contributed by atoms with Crippen LogP contribution in [0.15, 0.2) is 17.1 Å². The molecule has 1 fully saturated rings. The molecule has 0 amide bonds. The minimum absolute atomic E-state index is 0. The number of aliphatic imine (C=N–C) groups is 1. The summed E-state index contributed by atoms with van der Waals surface area (Å²) in [5, 5.41) is 6.57. The van der Waals surface area contributed by atoms with Crippen LogP contribution >= 0.6 is 24.0 Å². The van der Waals surface area contributed by atoms with Crippen LogP contribution in [0, 0.1) is 0 Å². The van der Waals surface area contributed by atoms with E-state index in [2.05, 4.69) is 15.6 Å². The average Bonchev–Trinajstić information content (AvgIpc) is 3.14. The lowest BCUT2D eigenvalue weighted by Crippen LogP contribution is -2.40. The van der Waals surface area contributed by atoms with Crippen molar-refractivity contribution in [3.8, 4) is 17.2 Å². The topological polar surface area (TPSA) is 73.3 Å². The molecule has 25 heavy (non-hydrogen) atoms. The number of benzene rings is 1. The van der Waals surface area contributed by atoms with E-state index in [1.54, 1.807) is 28.4 Å². The van der Waals surface area contributed by atoms with E-state index in [9.17, 15) is 0 Å². The molecule has 1 saturated heterocycles. The van der Waals surface area contributed by atoms with Gasteiger partial charge in [-0.1, -0.05) is 0 Å². The van der Waals surface area contributed by atoms with Crippen molar-refractivity contribution in [2.75, 3.05) is 41.5 Å². The molecule has 1 aliphatic rings. The van der Waals surface area contributed by atoms with Gasteiger partial charge in [0, 0.05) is 32.3 Å². The molecule has 7 nitrogen and oxygen atoms in total. The number of guanidine groups is 1. The molecule has 0 saturated carbocycles. The second-order valence-corrected chi connectivity index (χ2v) is 5.45. The molecule has 0 aromatic heterocycles. The molecule has 0 bridgehead atoms. The highest BCUT2D eigenvalue weighted by Gasteiger charge is 2.17. The lowest BCUT2D eigenvalue weighted by molar-refractivity contribution is 0.114. The van der Waals surface area contributed by atoms with E-state index in [1.165, 1.54) is 0 Å². The Labute approximate surface area is 166 Å². The van der Waals surface area contributed by atoms with Crippen molar-refractivity contribution >= 4 is 29.9 Å². The predicted molar refractivity (Wildman–Crippen MR) is 109 cm³/mol. The molecule has 1 aromatic rings. The van der Waals surface area contributed by atoms with E-state index in [-0.39, 0.29) is 30.1 Å². The van der Waals surface area contributed by atoms with Gasteiger partial charge in [-0.3, -0.25) is 4.99 Å². The molecular formula is C17H28IN3O4. The summed E-state index contributed by atoms with van der Waals surface area (Å²) in [6, 6.07) is 3.67. The molecule has 0 aliphatic carbocycles. The monoisotopic (exact) mass is 465 g/mol. The van der Waals surface area contributed by atoms with Crippen molar-refractivity contribution < 1.29 is 18.9 Å². The normalized spacial score (nSPS) is 16.8. The maximum absolute atomic E-state index is 5.61. The molecule has 2 N–H and O–H groups in total. The Morgan fingerprint density at radius 3 is 2.32 bits per heavy atom. The van der Waals surface area contributed by atoms with Crippen LogP contribution in [0.2, 0.25) is 0 Å². The zero-order valence-corrected chi connectivity index (χ0v) is 17.6. The lowest BCUT2D eigenvalue weighted by Gasteiger charge is -2.18. The summed E-state index contributed by atoms with van der Waals surface area (Å²) in [5.74, 6) is 2.81. The van der Waals surface area contributed by atoms with Crippen LogP contribution in [0.5, 0.6) is 17.2 Å². The summed E-state index contributed by atoms with van der Waals surface area (Å²) >= 11 is 0. The maximum atomic E-state index is 5.61. The van der Waals surface area contributed by atoms with E-state index in [1.807, 2.05) is 12.1 Å². The minimum Gasteiger partial charge on any atom is -0.496 e. The van der Waals surface area contributed by atoms with Gasteiger partial charge in [-0.15, -0.1) is 24.0 Å². The third-order valence-electron chi connectivity index (χ3n) is 3.99. The molecular weight excluding hydrogens is 437 g/mol. The Kier molecular flexibility index (Phi) is 9.73. The number of rotatable bonds is 7. The second kappa shape index (κ2) is 11.2. The van der Waals surface area contributed by atoms with Crippen molar-refractivity contribution in [1.29, 1.82) is 0 Å². The van der Waals surface area contributed by atoms with Gasteiger partial charge >= 0.3 is 0 Å². The zero-order valence-electron chi connectivity index (χ0n) is 15.3. The minimum atomic E-state index is 0. The predicted octanol–water partition coefficient (Wildman–Crippen LogP) is 2.17. The molecule has 1 aromatic carbocycles. The Morgan fingerprint density at radius 1 is 1.16 bits per heavy atom. The van der Waals surface area contributed by atoms with Crippen molar-refractivity contribution in [1.82, 2.24) is 10.6 Å². The van der Waals surface area contributed by atoms with Gasteiger partial charge in [-0.25, -0.2) is 0 Å². The molecule has 8 heteroatoms. The maximum Gasteiger partial charge on any atom is 0.191 e. The fourth-order valence-corrected chi connectivity index (χ4v) is 2.66. The summed E-state index contributed by atoms with van der Waals surface area (Å²) in [6.07, 6.45) is 2.47. The van der Waals surface area contributed by atoms with E-state index < -0.39 is 0 Å². The van der Waals surface area contributed by atoms with Crippen LogP contribution in [-0.2, 0) is 11.3 Å². The van der Waals surface area contributed by atoms with Crippen molar-refractivity contribution in [3.05, 3.63) is 17.7 Å². The van der Waals surface area contributed by atoms with Crippen LogP contribution in [-0.4, -0.2) is 53.6 Å². The van der Waals surface area contributed by atoms with Crippen LogP contribution < -0.4 is 24.8 Å². The Morgan fingerprint density at radius 2 is 1.84 bits per heavy atom. The van der Waals surface area contributed by atoms with E-state index in [0.29, 0.717) is 29.8 Å². The van der Waals surface area contributed by atoms with Crippen molar-refractivity contribution in [3.63, 3.8) is 0 Å². The smallest absolute Gasteiger partial charge is 0.191 e. The highest BCUT2D eigenvalue weighted by atomic mass is 127. The SMILES string of the molecule is CN=C(NCc1c(OC)cc(OC)cc1OC)NCC1CCCO1.I. The van der Waals surface area contributed by atoms with Crippen LogP contribution in [0.1, 0.15) is 18.4 Å². The lowest BCUT2D eigenvalue weighted by atomic mass is 10.1. The first-order valence-electron chi connectivity index (χ1n) is 8.06. The van der Waals surface area contributed by atoms with Crippen LogP contribution in [0.3, 0.4) is 0 Å². The van der Waals surface area contributed by atoms with E-state index in [4.69, 9.17) is 18.9 Å². The van der Waals surface area contributed by atoms with Gasteiger partial charge < -0.3 is 29.6 Å². The van der Waals surface area contributed by atoms with Gasteiger partial charge in [0.2, 0.25) is 0 Å². The highest BCUT2D eigenvalue weighted by molar-refractivity contribution is 14.0. The van der Waals surface area contributed by atoms with Crippen molar-refractivity contribution in [2.24, 2.45) is 4.99 Å². The molecule has 0 spiro atoms. The van der Waals surface area contributed by atoms with Gasteiger partial charge in [0.25, 0.3) is 0 Å². The average molecular weight is 465 g/mol. The zero-order chi connectivity index (χ0) is 17.4. The van der Waals surface area contributed by atoms with Gasteiger partial charge in [0.1, 0.15) is 17.2 Å². The summed E-state index contributed by atoms with van der Waals surface area (Å²) in [4.78, 5) is 4.24. The Bertz CT molecular complexity index is 538. The molecule has 2 rings (SSSR count). The van der Waals surface area contributed by atoms with Crippen LogP contribution in [0.25, 0.3) is 0 Å². The molecule has 0 radical (unpaired) electrons. The molecule has 1 unspecified atom stereocenters. The fourth-order valence-electron chi connectivity index (χ4n) is 2.66. The van der Waals surface area contributed by atoms with Gasteiger partial charge in [-0.05, 0) is 12.8 Å². The molecule has 1 aliphatic heterocycles. The van der Waals surface area contributed by atoms with Gasteiger partial charge in [0.15, 0.2) is 5.96 Å². The van der Waals surface area contributed by atoms with E-state index >= 15 is 0 Å². The standard InChI is InChI=1S/C17H27N3O4.HI/c1-18-17(19-10-12-6-5-7-24-12)20-11-14-15(22-3)8-13(21-2)9-16(14)23-4;/h8-9,12H,5-7,10-11H2,1-4H3,(H2,18,19,20);1H. The summed E-state index contributed by atoms with van der Waals surface area (Å²) in [7, 11) is 6.61. The first kappa shape index (κ1) is 21.6. The Hall–Kier alpha value is -1.42. The molecule has 1 heterocycles. The first-order valence-corrected chi connectivity index (χ1v) is 8.06. The largest absolute Gasteiger partial charge is 0.496 e. The second-order valence-electron chi connectivity index (χ2n) is 5.45. The fraction of sp³-hybridized carbons (Fsp3) is 0.588. The van der Waals surface area contributed by atoms with Crippen molar-refractivity contribution in [2.45, 2.75) is 25.5 Å². The third kappa shape index (κ3) is 6.10.